The molecule has 0 unspecified atom stereocenters. The van der Waals surface area contributed by atoms with Crippen molar-refractivity contribution >= 4 is 62.3 Å². The standard InChI is InChI=1S/C28H30Cl3N3O4S/c1-18(2)32-28(36)20(4)33(16-24-25(30)9-6-10-26(24)31)27(35)17-34(22-8-5-7-19(3)15-22)39(37,38)23-13-11-21(29)12-14-23/h5-15,18,20H,16-17H2,1-4H3,(H,32,36)/t20-/m1/s1. The van der Waals surface area contributed by atoms with Crippen molar-refractivity contribution in [2.75, 3.05) is 10.8 Å². The van der Waals surface area contributed by atoms with Crippen LogP contribution in [0.3, 0.4) is 0 Å². The zero-order valence-corrected chi connectivity index (χ0v) is 25.1. The van der Waals surface area contributed by atoms with Gasteiger partial charge in [-0.05, 0) is 81.8 Å². The number of rotatable bonds is 10. The second-order valence-electron chi connectivity index (χ2n) is 9.37. The first kappa shape index (κ1) is 30.8. The number of halogens is 3. The lowest BCUT2D eigenvalue weighted by atomic mass is 10.1. The van der Waals surface area contributed by atoms with Gasteiger partial charge in [-0.25, -0.2) is 8.42 Å². The Balaban J connectivity index is 2.07. The lowest BCUT2D eigenvalue weighted by Gasteiger charge is -2.32. The monoisotopic (exact) mass is 609 g/mol. The highest BCUT2D eigenvalue weighted by molar-refractivity contribution is 7.92. The number of hydrogen-bond acceptors (Lipinski definition) is 4. The summed E-state index contributed by atoms with van der Waals surface area (Å²) in [5.41, 5.74) is 1.55. The Morgan fingerprint density at radius 3 is 2.05 bits per heavy atom. The largest absolute Gasteiger partial charge is 0.352 e. The van der Waals surface area contributed by atoms with Crippen LogP contribution in [-0.2, 0) is 26.2 Å². The second kappa shape index (κ2) is 13.0. The molecule has 3 aromatic rings. The van der Waals surface area contributed by atoms with Gasteiger partial charge in [-0.1, -0.05) is 53.0 Å². The number of carbonyl (C=O) groups is 2. The van der Waals surface area contributed by atoms with Crippen molar-refractivity contribution in [1.29, 1.82) is 0 Å². The normalized spacial score (nSPS) is 12.2. The molecule has 0 aliphatic carbocycles. The molecule has 0 radical (unpaired) electrons. The van der Waals surface area contributed by atoms with Crippen LogP contribution >= 0.6 is 34.8 Å². The molecular formula is C28H30Cl3N3O4S. The number of anilines is 1. The van der Waals surface area contributed by atoms with E-state index in [1.165, 1.54) is 29.2 Å². The Morgan fingerprint density at radius 2 is 1.49 bits per heavy atom. The molecular weight excluding hydrogens is 581 g/mol. The Morgan fingerprint density at radius 1 is 0.897 bits per heavy atom. The van der Waals surface area contributed by atoms with Crippen molar-refractivity contribution in [2.45, 2.75) is 51.2 Å². The third-order valence-electron chi connectivity index (χ3n) is 5.96. The van der Waals surface area contributed by atoms with E-state index in [0.29, 0.717) is 26.3 Å². The maximum Gasteiger partial charge on any atom is 0.264 e. The molecule has 0 aliphatic heterocycles. The molecule has 0 saturated carbocycles. The molecule has 2 amide bonds. The lowest BCUT2D eigenvalue weighted by molar-refractivity contribution is -0.139. The minimum atomic E-state index is -4.20. The van der Waals surface area contributed by atoms with Gasteiger partial charge in [-0.3, -0.25) is 13.9 Å². The molecule has 1 atom stereocenters. The fourth-order valence-electron chi connectivity index (χ4n) is 3.89. The number of carbonyl (C=O) groups excluding carboxylic acids is 2. The van der Waals surface area contributed by atoms with E-state index < -0.39 is 34.4 Å². The van der Waals surface area contributed by atoms with Crippen molar-refractivity contribution in [3.8, 4) is 0 Å². The summed E-state index contributed by atoms with van der Waals surface area (Å²) in [7, 11) is -4.20. The first-order valence-corrected chi connectivity index (χ1v) is 14.8. The predicted molar refractivity (Wildman–Crippen MR) is 157 cm³/mol. The van der Waals surface area contributed by atoms with Crippen LogP contribution in [0.2, 0.25) is 15.1 Å². The molecule has 0 aromatic heterocycles. The smallest absolute Gasteiger partial charge is 0.264 e. The number of hydrogen-bond donors (Lipinski definition) is 1. The van der Waals surface area contributed by atoms with E-state index in [2.05, 4.69) is 5.32 Å². The summed E-state index contributed by atoms with van der Waals surface area (Å²) in [5, 5.41) is 3.82. The SMILES string of the molecule is Cc1cccc(N(CC(=O)N(Cc2c(Cl)cccc2Cl)[C@H](C)C(=O)NC(C)C)S(=O)(=O)c2ccc(Cl)cc2)c1. The van der Waals surface area contributed by atoms with Crippen molar-refractivity contribution in [3.05, 3.63) is 92.9 Å². The van der Waals surface area contributed by atoms with E-state index >= 15 is 0 Å². The van der Waals surface area contributed by atoms with Gasteiger partial charge in [0.25, 0.3) is 10.0 Å². The summed E-state index contributed by atoms with van der Waals surface area (Å²) in [6.07, 6.45) is 0. The highest BCUT2D eigenvalue weighted by Gasteiger charge is 2.33. The predicted octanol–water partition coefficient (Wildman–Crippen LogP) is 6.09. The second-order valence-corrected chi connectivity index (χ2v) is 12.5. The molecule has 11 heteroatoms. The van der Waals surface area contributed by atoms with Crippen molar-refractivity contribution in [1.82, 2.24) is 10.2 Å². The van der Waals surface area contributed by atoms with Gasteiger partial charge < -0.3 is 10.2 Å². The summed E-state index contributed by atoms with van der Waals surface area (Å²) in [6.45, 7) is 6.33. The van der Waals surface area contributed by atoms with Gasteiger partial charge in [0.15, 0.2) is 0 Å². The maximum absolute atomic E-state index is 13.9. The summed E-state index contributed by atoms with van der Waals surface area (Å²) in [5.74, 6) is -1.01. The van der Waals surface area contributed by atoms with Crippen LogP contribution in [0, 0.1) is 6.92 Å². The van der Waals surface area contributed by atoms with Crippen molar-refractivity contribution < 1.29 is 18.0 Å². The maximum atomic E-state index is 13.9. The minimum absolute atomic E-state index is 0.0347. The summed E-state index contributed by atoms with van der Waals surface area (Å²) < 4.78 is 28.7. The van der Waals surface area contributed by atoms with Gasteiger partial charge in [0.2, 0.25) is 11.8 Å². The third kappa shape index (κ3) is 7.66. The Hall–Kier alpha value is -2.78. The molecule has 0 aliphatic rings. The molecule has 208 valence electrons. The van der Waals surface area contributed by atoms with Crippen LogP contribution in [0.5, 0.6) is 0 Å². The quantitative estimate of drug-likeness (QED) is 0.301. The van der Waals surface area contributed by atoms with E-state index in [1.54, 1.807) is 57.2 Å². The first-order chi connectivity index (χ1) is 18.3. The molecule has 39 heavy (non-hydrogen) atoms. The Kier molecular flexibility index (Phi) is 10.3. The fraction of sp³-hybridized carbons (Fsp3) is 0.286. The van der Waals surface area contributed by atoms with Crippen LogP contribution in [-0.4, -0.2) is 43.8 Å². The fourth-order valence-corrected chi connectivity index (χ4v) is 5.94. The third-order valence-corrected chi connectivity index (χ3v) is 8.71. The molecule has 7 nitrogen and oxygen atoms in total. The molecule has 3 aromatic carbocycles. The van der Waals surface area contributed by atoms with E-state index in [0.717, 1.165) is 9.87 Å². The van der Waals surface area contributed by atoms with Crippen LogP contribution in [0.25, 0.3) is 0 Å². The van der Waals surface area contributed by atoms with Crippen LogP contribution in [0.4, 0.5) is 5.69 Å². The number of aryl methyl sites for hydroxylation is 1. The van der Waals surface area contributed by atoms with Crippen LogP contribution < -0.4 is 9.62 Å². The van der Waals surface area contributed by atoms with Gasteiger partial charge in [-0.15, -0.1) is 0 Å². The lowest BCUT2D eigenvalue weighted by Crippen LogP contribution is -2.52. The molecule has 0 bridgehead atoms. The summed E-state index contributed by atoms with van der Waals surface area (Å²) >= 11 is 18.8. The molecule has 0 heterocycles. The Bertz CT molecular complexity index is 1430. The van der Waals surface area contributed by atoms with Crippen molar-refractivity contribution in [2.24, 2.45) is 0 Å². The first-order valence-electron chi connectivity index (χ1n) is 12.2. The highest BCUT2D eigenvalue weighted by atomic mass is 35.5. The molecule has 3 rings (SSSR count). The average Bonchev–Trinajstić information content (AvgIpc) is 2.86. The van der Waals surface area contributed by atoms with Crippen LogP contribution in [0.1, 0.15) is 31.9 Å². The average molecular weight is 611 g/mol. The highest BCUT2D eigenvalue weighted by Crippen LogP contribution is 2.29. The molecule has 0 spiro atoms. The Labute approximate surface area is 244 Å². The topological polar surface area (TPSA) is 86.8 Å². The van der Waals surface area contributed by atoms with Gasteiger partial charge in [0.1, 0.15) is 12.6 Å². The van der Waals surface area contributed by atoms with E-state index in [4.69, 9.17) is 34.8 Å². The van der Waals surface area contributed by atoms with Crippen molar-refractivity contribution in [3.63, 3.8) is 0 Å². The zero-order chi connectivity index (χ0) is 28.9. The number of nitrogens with zero attached hydrogens (tertiary/aromatic N) is 2. The van der Waals surface area contributed by atoms with E-state index in [-0.39, 0.29) is 17.5 Å². The number of amides is 2. The van der Waals surface area contributed by atoms with E-state index in [9.17, 15) is 18.0 Å². The van der Waals surface area contributed by atoms with Gasteiger partial charge in [0, 0.05) is 33.2 Å². The molecule has 0 saturated heterocycles. The molecule has 1 N–H and O–H groups in total. The van der Waals surface area contributed by atoms with Gasteiger partial charge >= 0.3 is 0 Å². The van der Waals surface area contributed by atoms with Gasteiger partial charge in [0.05, 0.1) is 10.6 Å². The van der Waals surface area contributed by atoms with Gasteiger partial charge in [-0.2, -0.15) is 0 Å². The van der Waals surface area contributed by atoms with E-state index in [1.807, 2.05) is 13.0 Å². The summed E-state index contributed by atoms with van der Waals surface area (Å²) in [6, 6.07) is 16.3. The number of sulfonamides is 1. The van der Waals surface area contributed by atoms with Crippen LogP contribution in [0.15, 0.2) is 71.6 Å². The minimum Gasteiger partial charge on any atom is -0.352 e. The zero-order valence-electron chi connectivity index (χ0n) is 22.0. The molecule has 0 fully saturated rings. The number of benzene rings is 3. The number of nitrogens with one attached hydrogen (secondary N) is 1. The summed E-state index contributed by atoms with van der Waals surface area (Å²) in [4.78, 5) is 28.2.